The molecule has 0 heterocycles. The van der Waals surface area contributed by atoms with E-state index in [1.54, 1.807) is 11.9 Å². The molecule has 2 aromatic rings. The maximum atomic E-state index is 13.1. The molecule has 4 heteroatoms. The molecule has 0 saturated heterocycles. The number of rotatable bonds is 7. The van der Waals surface area contributed by atoms with Gasteiger partial charge in [0, 0.05) is 13.6 Å². The zero-order valence-electron chi connectivity index (χ0n) is 16.1. The number of carbonyl (C=O) groups excluding carboxylic acids is 2. The molecule has 0 unspecified atom stereocenters. The third-order valence-electron chi connectivity index (χ3n) is 4.54. The molecule has 0 aliphatic heterocycles. The third-order valence-corrected chi connectivity index (χ3v) is 4.54. The van der Waals surface area contributed by atoms with Gasteiger partial charge in [0.05, 0.1) is 6.42 Å². The lowest BCUT2D eigenvalue weighted by molar-refractivity contribution is -0.140. The van der Waals surface area contributed by atoms with Crippen molar-refractivity contribution in [2.75, 3.05) is 7.05 Å². The van der Waals surface area contributed by atoms with Crippen molar-refractivity contribution >= 4 is 11.8 Å². The summed E-state index contributed by atoms with van der Waals surface area (Å²) in [6.45, 7) is 6.41. The van der Waals surface area contributed by atoms with Crippen LogP contribution < -0.4 is 5.32 Å². The number of likely N-dealkylation sites (N-methyl/N-ethyl adjacent to an activating group) is 1. The molecule has 138 valence electrons. The maximum absolute atomic E-state index is 13.1. The SMILES string of the molecule is CC[C@H](C(=O)NC)N(Cc1cccc(C)c1)C(=O)Cc1ccc(C)cc1. The Kier molecular flexibility index (Phi) is 6.96. The van der Waals surface area contributed by atoms with Gasteiger partial charge in [0.15, 0.2) is 0 Å². The zero-order chi connectivity index (χ0) is 19.1. The normalized spacial score (nSPS) is 11.7. The molecule has 2 aromatic carbocycles. The number of aryl methyl sites for hydroxylation is 2. The van der Waals surface area contributed by atoms with Crippen molar-refractivity contribution in [3.8, 4) is 0 Å². The maximum Gasteiger partial charge on any atom is 0.242 e. The summed E-state index contributed by atoms with van der Waals surface area (Å²) in [5.74, 6) is -0.164. The molecule has 2 amide bonds. The Bertz CT molecular complexity index is 753. The summed E-state index contributed by atoms with van der Waals surface area (Å²) in [5.41, 5.74) is 4.29. The fraction of sp³-hybridized carbons (Fsp3) is 0.364. The summed E-state index contributed by atoms with van der Waals surface area (Å²) in [5, 5.41) is 2.69. The molecular weight excluding hydrogens is 324 g/mol. The van der Waals surface area contributed by atoms with E-state index in [0.717, 1.165) is 22.3 Å². The Morgan fingerprint density at radius 2 is 1.69 bits per heavy atom. The molecule has 0 spiro atoms. The van der Waals surface area contributed by atoms with Crippen LogP contribution in [0.15, 0.2) is 48.5 Å². The van der Waals surface area contributed by atoms with Gasteiger partial charge in [-0.05, 0) is 31.4 Å². The van der Waals surface area contributed by atoms with Crippen LogP contribution in [0.1, 0.15) is 35.6 Å². The molecule has 2 rings (SSSR count). The second-order valence-electron chi connectivity index (χ2n) is 6.71. The lowest BCUT2D eigenvalue weighted by Gasteiger charge is -2.30. The molecule has 1 atom stereocenters. The quantitative estimate of drug-likeness (QED) is 0.830. The Balaban J connectivity index is 2.27. The van der Waals surface area contributed by atoms with Crippen molar-refractivity contribution < 1.29 is 9.59 Å². The molecule has 0 aromatic heterocycles. The first-order chi connectivity index (χ1) is 12.4. The van der Waals surface area contributed by atoms with E-state index in [-0.39, 0.29) is 11.8 Å². The van der Waals surface area contributed by atoms with Gasteiger partial charge in [-0.1, -0.05) is 66.6 Å². The number of nitrogens with one attached hydrogen (secondary N) is 1. The second-order valence-corrected chi connectivity index (χ2v) is 6.71. The Labute approximate surface area is 156 Å². The van der Waals surface area contributed by atoms with Crippen molar-refractivity contribution in [2.45, 2.75) is 46.2 Å². The molecule has 0 aliphatic rings. The first-order valence-electron chi connectivity index (χ1n) is 9.06. The van der Waals surface area contributed by atoms with Crippen LogP contribution in [-0.4, -0.2) is 29.8 Å². The van der Waals surface area contributed by atoms with Crippen LogP contribution in [0.3, 0.4) is 0 Å². The largest absolute Gasteiger partial charge is 0.357 e. The van der Waals surface area contributed by atoms with E-state index < -0.39 is 6.04 Å². The monoisotopic (exact) mass is 352 g/mol. The topological polar surface area (TPSA) is 49.4 Å². The van der Waals surface area contributed by atoms with E-state index in [9.17, 15) is 9.59 Å². The summed E-state index contributed by atoms with van der Waals surface area (Å²) in [6.07, 6.45) is 0.866. The predicted octanol–water partition coefficient (Wildman–Crippen LogP) is 3.40. The summed E-state index contributed by atoms with van der Waals surface area (Å²) >= 11 is 0. The van der Waals surface area contributed by atoms with Crippen LogP contribution in [-0.2, 0) is 22.6 Å². The Morgan fingerprint density at radius 3 is 2.27 bits per heavy atom. The van der Waals surface area contributed by atoms with Crippen LogP contribution in [0.4, 0.5) is 0 Å². The van der Waals surface area contributed by atoms with Crippen molar-refractivity contribution in [3.63, 3.8) is 0 Å². The smallest absolute Gasteiger partial charge is 0.242 e. The second kappa shape index (κ2) is 9.18. The standard InChI is InChI=1S/C22H28N2O2/c1-5-20(22(26)23-4)24(15-19-8-6-7-17(3)13-19)21(25)14-18-11-9-16(2)10-12-18/h6-13,20H,5,14-15H2,1-4H3,(H,23,26)/t20-/m1/s1. The van der Waals surface area contributed by atoms with E-state index in [1.807, 2.05) is 63.2 Å². The lowest BCUT2D eigenvalue weighted by Crippen LogP contribution is -2.48. The van der Waals surface area contributed by atoms with Crippen LogP contribution in [0.5, 0.6) is 0 Å². The highest BCUT2D eigenvalue weighted by molar-refractivity contribution is 5.88. The van der Waals surface area contributed by atoms with E-state index in [0.29, 0.717) is 19.4 Å². The van der Waals surface area contributed by atoms with Gasteiger partial charge in [-0.25, -0.2) is 0 Å². The number of carbonyl (C=O) groups is 2. The molecule has 0 radical (unpaired) electrons. The van der Waals surface area contributed by atoms with E-state index in [2.05, 4.69) is 11.4 Å². The van der Waals surface area contributed by atoms with Gasteiger partial charge >= 0.3 is 0 Å². The molecular formula is C22H28N2O2. The van der Waals surface area contributed by atoms with Crippen LogP contribution >= 0.6 is 0 Å². The van der Waals surface area contributed by atoms with Crippen LogP contribution in [0, 0.1) is 13.8 Å². The average molecular weight is 352 g/mol. The minimum Gasteiger partial charge on any atom is -0.357 e. The highest BCUT2D eigenvalue weighted by Crippen LogP contribution is 2.16. The molecule has 26 heavy (non-hydrogen) atoms. The highest BCUT2D eigenvalue weighted by Gasteiger charge is 2.27. The van der Waals surface area contributed by atoms with E-state index in [1.165, 1.54) is 0 Å². The van der Waals surface area contributed by atoms with E-state index >= 15 is 0 Å². The highest BCUT2D eigenvalue weighted by atomic mass is 16.2. The number of nitrogens with zero attached hydrogens (tertiary/aromatic N) is 1. The lowest BCUT2D eigenvalue weighted by atomic mass is 10.0. The molecule has 0 aliphatic carbocycles. The van der Waals surface area contributed by atoms with Crippen LogP contribution in [0.25, 0.3) is 0 Å². The average Bonchev–Trinajstić information content (AvgIpc) is 2.63. The van der Waals surface area contributed by atoms with Crippen molar-refractivity contribution in [1.29, 1.82) is 0 Å². The van der Waals surface area contributed by atoms with Gasteiger partial charge in [-0.3, -0.25) is 9.59 Å². The first-order valence-corrected chi connectivity index (χ1v) is 9.06. The van der Waals surface area contributed by atoms with Gasteiger partial charge < -0.3 is 10.2 Å². The number of hydrogen-bond acceptors (Lipinski definition) is 2. The Morgan fingerprint density at radius 1 is 1.00 bits per heavy atom. The number of hydrogen-bond donors (Lipinski definition) is 1. The number of benzene rings is 2. The molecule has 0 bridgehead atoms. The summed E-state index contributed by atoms with van der Waals surface area (Å²) < 4.78 is 0. The third kappa shape index (κ3) is 5.19. The molecule has 4 nitrogen and oxygen atoms in total. The first kappa shape index (κ1) is 19.7. The zero-order valence-corrected chi connectivity index (χ0v) is 16.1. The Hall–Kier alpha value is -2.62. The summed E-state index contributed by atoms with van der Waals surface area (Å²) in [4.78, 5) is 27.1. The minimum absolute atomic E-state index is 0.0363. The van der Waals surface area contributed by atoms with Crippen molar-refractivity contribution in [2.24, 2.45) is 0 Å². The summed E-state index contributed by atoms with van der Waals surface area (Å²) in [6, 6.07) is 15.5. The fourth-order valence-electron chi connectivity index (χ4n) is 3.08. The van der Waals surface area contributed by atoms with Crippen LogP contribution in [0.2, 0.25) is 0 Å². The van der Waals surface area contributed by atoms with Crippen molar-refractivity contribution in [3.05, 3.63) is 70.8 Å². The van der Waals surface area contributed by atoms with E-state index in [4.69, 9.17) is 0 Å². The van der Waals surface area contributed by atoms with Gasteiger partial charge in [0.2, 0.25) is 11.8 Å². The minimum atomic E-state index is -0.474. The van der Waals surface area contributed by atoms with Gasteiger partial charge in [0.25, 0.3) is 0 Å². The molecule has 1 N–H and O–H groups in total. The van der Waals surface area contributed by atoms with Gasteiger partial charge in [0.1, 0.15) is 6.04 Å². The van der Waals surface area contributed by atoms with Gasteiger partial charge in [-0.2, -0.15) is 0 Å². The molecule has 0 saturated carbocycles. The predicted molar refractivity (Wildman–Crippen MR) is 105 cm³/mol. The van der Waals surface area contributed by atoms with Crippen molar-refractivity contribution in [1.82, 2.24) is 10.2 Å². The summed E-state index contributed by atoms with van der Waals surface area (Å²) in [7, 11) is 1.61. The number of amides is 2. The fourth-order valence-corrected chi connectivity index (χ4v) is 3.08. The molecule has 0 fully saturated rings. The van der Waals surface area contributed by atoms with Gasteiger partial charge in [-0.15, -0.1) is 0 Å².